The van der Waals surface area contributed by atoms with E-state index in [0.717, 1.165) is 17.0 Å². The largest absolute Gasteiger partial charge is 0.464 e. The maximum absolute atomic E-state index is 5.27. The molecule has 2 rings (SSSR count). The summed E-state index contributed by atoms with van der Waals surface area (Å²) in [4.78, 5) is 0. The van der Waals surface area contributed by atoms with Gasteiger partial charge in [0.05, 0.1) is 6.26 Å². The molecule has 1 N–H and O–H groups in total. The Morgan fingerprint density at radius 3 is 2.38 bits per heavy atom. The lowest BCUT2D eigenvalue weighted by Gasteiger charge is -2.00. The zero-order chi connectivity index (χ0) is 9.10. The SMILES string of the molecule is CNc1ccc(-c2ccco2)cc1. The van der Waals surface area contributed by atoms with E-state index in [1.165, 1.54) is 0 Å². The molecule has 2 aromatic rings. The molecule has 0 aliphatic carbocycles. The van der Waals surface area contributed by atoms with E-state index in [0.29, 0.717) is 0 Å². The van der Waals surface area contributed by atoms with Gasteiger partial charge in [-0.15, -0.1) is 0 Å². The van der Waals surface area contributed by atoms with Crippen LogP contribution in [0.2, 0.25) is 0 Å². The number of furan rings is 1. The fraction of sp³-hybridized carbons (Fsp3) is 0.0909. The van der Waals surface area contributed by atoms with Crippen LogP contribution in [0.3, 0.4) is 0 Å². The maximum Gasteiger partial charge on any atom is 0.133 e. The first-order valence-electron chi connectivity index (χ1n) is 4.22. The van der Waals surface area contributed by atoms with Crippen molar-refractivity contribution >= 4 is 5.69 Å². The third-order valence-electron chi connectivity index (χ3n) is 1.98. The summed E-state index contributed by atoms with van der Waals surface area (Å²) in [5.41, 5.74) is 2.21. The summed E-state index contributed by atoms with van der Waals surface area (Å²) in [6, 6.07) is 12.0. The molecule has 1 aromatic carbocycles. The molecule has 2 nitrogen and oxygen atoms in total. The highest BCUT2D eigenvalue weighted by atomic mass is 16.3. The first kappa shape index (κ1) is 7.92. The molecule has 0 saturated heterocycles. The van der Waals surface area contributed by atoms with Gasteiger partial charge in [0.2, 0.25) is 0 Å². The molecule has 1 heterocycles. The normalized spacial score (nSPS) is 9.92. The molecular formula is C11H11NO. The van der Waals surface area contributed by atoms with Gasteiger partial charge in [0, 0.05) is 18.3 Å². The lowest BCUT2D eigenvalue weighted by molar-refractivity contribution is 0.582. The number of nitrogens with one attached hydrogen (secondary N) is 1. The summed E-state index contributed by atoms with van der Waals surface area (Å²) >= 11 is 0. The molecule has 0 aliphatic rings. The average Bonchev–Trinajstić information content (AvgIpc) is 2.71. The van der Waals surface area contributed by atoms with E-state index in [2.05, 4.69) is 5.32 Å². The third kappa shape index (κ3) is 1.56. The van der Waals surface area contributed by atoms with E-state index in [1.54, 1.807) is 6.26 Å². The minimum Gasteiger partial charge on any atom is -0.464 e. The number of rotatable bonds is 2. The Balaban J connectivity index is 2.33. The molecule has 66 valence electrons. The van der Waals surface area contributed by atoms with Crippen molar-refractivity contribution in [1.82, 2.24) is 0 Å². The van der Waals surface area contributed by atoms with Crippen LogP contribution in [0.25, 0.3) is 11.3 Å². The summed E-state index contributed by atoms with van der Waals surface area (Å²) in [5.74, 6) is 0.905. The Labute approximate surface area is 77.2 Å². The van der Waals surface area contributed by atoms with Crippen LogP contribution < -0.4 is 5.32 Å². The van der Waals surface area contributed by atoms with Gasteiger partial charge in [-0.25, -0.2) is 0 Å². The van der Waals surface area contributed by atoms with Gasteiger partial charge in [0.15, 0.2) is 0 Å². The average molecular weight is 173 g/mol. The summed E-state index contributed by atoms with van der Waals surface area (Å²) in [6.07, 6.45) is 1.68. The highest BCUT2D eigenvalue weighted by molar-refractivity contribution is 5.60. The topological polar surface area (TPSA) is 25.2 Å². The molecule has 0 saturated carbocycles. The Morgan fingerprint density at radius 1 is 1.08 bits per heavy atom. The molecule has 0 fully saturated rings. The van der Waals surface area contributed by atoms with Gasteiger partial charge < -0.3 is 9.73 Å². The van der Waals surface area contributed by atoms with Crippen molar-refractivity contribution in [3.63, 3.8) is 0 Å². The summed E-state index contributed by atoms with van der Waals surface area (Å²) in [5, 5.41) is 3.07. The van der Waals surface area contributed by atoms with E-state index < -0.39 is 0 Å². The molecule has 0 radical (unpaired) electrons. The van der Waals surface area contributed by atoms with Gasteiger partial charge in [-0.05, 0) is 36.4 Å². The minimum absolute atomic E-state index is 0.905. The third-order valence-corrected chi connectivity index (χ3v) is 1.98. The van der Waals surface area contributed by atoms with Crippen LogP contribution in [0, 0.1) is 0 Å². The lowest BCUT2D eigenvalue weighted by atomic mass is 10.1. The zero-order valence-corrected chi connectivity index (χ0v) is 7.45. The molecule has 13 heavy (non-hydrogen) atoms. The molecule has 0 atom stereocenters. The van der Waals surface area contributed by atoms with Gasteiger partial charge in [-0.2, -0.15) is 0 Å². The van der Waals surface area contributed by atoms with Crippen molar-refractivity contribution in [2.75, 3.05) is 12.4 Å². The van der Waals surface area contributed by atoms with Crippen molar-refractivity contribution < 1.29 is 4.42 Å². The van der Waals surface area contributed by atoms with Gasteiger partial charge in [0.1, 0.15) is 5.76 Å². The second-order valence-corrected chi connectivity index (χ2v) is 2.80. The predicted octanol–water partition coefficient (Wildman–Crippen LogP) is 2.99. The van der Waals surface area contributed by atoms with E-state index in [1.807, 2.05) is 43.4 Å². The van der Waals surface area contributed by atoms with Crippen LogP contribution >= 0.6 is 0 Å². The summed E-state index contributed by atoms with van der Waals surface area (Å²) in [6.45, 7) is 0. The number of anilines is 1. The predicted molar refractivity (Wildman–Crippen MR) is 53.7 cm³/mol. The Morgan fingerprint density at radius 2 is 1.85 bits per heavy atom. The van der Waals surface area contributed by atoms with E-state index in [4.69, 9.17) is 4.42 Å². The summed E-state index contributed by atoms with van der Waals surface area (Å²) < 4.78 is 5.27. The second kappa shape index (κ2) is 3.35. The van der Waals surface area contributed by atoms with Crippen molar-refractivity contribution in [3.8, 4) is 11.3 Å². The standard InChI is InChI=1S/C11H11NO/c1-12-10-6-4-9(5-7-10)11-3-2-8-13-11/h2-8,12H,1H3. The monoisotopic (exact) mass is 173 g/mol. The van der Waals surface area contributed by atoms with Crippen molar-refractivity contribution in [2.24, 2.45) is 0 Å². The van der Waals surface area contributed by atoms with Gasteiger partial charge in [0.25, 0.3) is 0 Å². The molecule has 0 aliphatic heterocycles. The van der Waals surface area contributed by atoms with Gasteiger partial charge >= 0.3 is 0 Å². The van der Waals surface area contributed by atoms with E-state index >= 15 is 0 Å². The molecular weight excluding hydrogens is 162 g/mol. The van der Waals surface area contributed by atoms with Crippen LogP contribution in [0.4, 0.5) is 5.69 Å². The van der Waals surface area contributed by atoms with Crippen LogP contribution in [0.1, 0.15) is 0 Å². The number of benzene rings is 1. The van der Waals surface area contributed by atoms with Crippen molar-refractivity contribution in [2.45, 2.75) is 0 Å². The smallest absolute Gasteiger partial charge is 0.133 e. The maximum atomic E-state index is 5.27. The Kier molecular flexibility index (Phi) is 2.04. The molecule has 1 aromatic heterocycles. The number of hydrogen-bond acceptors (Lipinski definition) is 2. The van der Waals surface area contributed by atoms with E-state index in [9.17, 15) is 0 Å². The number of hydrogen-bond donors (Lipinski definition) is 1. The van der Waals surface area contributed by atoms with Crippen LogP contribution in [0.5, 0.6) is 0 Å². The second-order valence-electron chi connectivity index (χ2n) is 2.80. The first-order valence-corrected chi connectivity index (χ1v) is 4.22. The van der Waals surface area contributed by atoms with Crippen molar-refractivity contribution in [3.05, 3.63) is 42.7 Å². The van der Waals surface area contributed by atoms with Gasteiger partial charge in [-0.1, -0.05) is 0 Å². The van der Waals surface area contributed by atoms with Gasteiger partial charge in [-0.3, -0.25) is 0 Å². The summed E-state index contributed by atoms with van der Waals surface area (Å²) in [7, 11) is 1.90. The van der Waals surface area contributed by atoms with Crippen LogP contribution in [-0.2, 0) is 0 Å². The quantitative estimate of drug-likeness (QED) is 0.755. The zero-order valence-electron chi connectivity index (χ0n) is 7.45. The molecule has 0 bridgehead atoms. The van der Waals surface area contributed by atoms with Crippen LogP contribution in [0.15, 0.2) is 47.1 Å². The fourth-order valence-electron chi connectivity index (χ4n) is 1.24. The van der Waals surface area contributed by atoms with E-state index in [-0.39, 0.29) is 0 Å². The highest BCUT2D eigenvalue weighted by Crippen LogP contribution is 2.21. The van der Waals surface area contributed by atoms with Crippen molar-refractivity contribution in [1.29, 1.82) is 0 Å². The first-order chi connectivity index (χ1) is 6.40. The fourth-order valence-corrected chi connectivity index (χ4v) is 1.24. The molecule has 2 heteroatoms. The minimum atomic E-state index is 0.905. The molecule has 0 spiro atoms. The molecule has 0 unspecified atom stereocenters. The Hall–Kier alpha value is -1.70. The Bertz CT molecular complexity index is 361. The lowest BCUT2D eigenvalue weighted by Crippen LogP contribution is -1.86. The molecule has 0 amide bonds. The van der Waals surface area contributed by atoms with Crippen LogP contribution in [-0.4, -0.2) is 7.05 Å². The highest BCUT2D eigenvalue weighted by Gasteiger charge is 1.98.